The summed E-state index contributed by atoms with van der Waals surface area (Å²) in [5.41, 5.74) is 2.98. The van der Waals surface area contributed by atoms with E-state index in [1.54, 1.807) is 25.1 Å². The number of ether oxygens (including phenoxy) is 3. The van der Waals surface area contributed by atoms with Gasteiger partial charge in [0.25, 0.3) is 5.91 Å². The Labute approximate surface area is 293 Å². The number of aliphatic hydroxyl groups is 1. The topological polar surface area (TPSA) is 149 Å². The van der Waals surface area contributed by atoms with Crippen molar-refractivity contribution in [3.8, 4) is 5.75 Å². The number of hydrogen-bond donors (Lipinski definition) is 2. The highest BCUT2D eigenvalue weighted by molar-refractivity contribution is 7.90. The molecule has 13 heteroatoms. The quantitative estimate of drug-likeness (QED) is 0.332. The third kappa shape index (κ3) is 8.35. The van der Waals surface area contributed by atoms with Gasteiger partial charge in [0.2, 0.25) is 10.0 Å². The molecular formula is C36H47ClN2O9S. The molecule has 5 rings (SSSR count). The molecule has 2 aromatic carbocycles. The minimum Gasteiger partial charge on any atom is -0.487 e. The number of fused-ring (bicyclic) bond motifs is 3. The maximum atomic E-state index is 13.6. The average molecular weight is 719 g/mol. The molecule has 2 N–H and O–H groups in total. The Kier molecular flexibility index (Phi) is 11.8. The lowest BCUT2D eigenvalue weighted by atomic mass is 9.67. The number of sulfonamides is 1. The fraction of sp³-hybridized carbons (Fsp3) is 0.583. The highest BCUT2D eigenvalue weighted by Crippen LogP contribution is 2.43. The first-order chi connectivity index (χ1) is 23.3. The number of aryl methyl sites for hydroxylation is 1. The zero-order valence-corrected chi connectivity index (χ0v) is 30.1. The lowest BCUT2D eigenvalue weighted by Gasteiger charge is -2.44. The maximum Gasteiger partial charge on any atom is 0.320 e. The van der Waals surface area contributed by atoms with Crippen molar-refractivity contribution >= 4 is 45.2 Å². The van der Waals surface area contributed by atoms with Gasteiger partial charge in [-0.2, -0.15) is 0 Å². The van der Waals surface area contributed by atoms with Gasteiger partial charge in [0.15, 0.2) is 5.92 Å². The van der Waals surface area contributed by atoms with Crippen LogP contribution in [0, 0.1) is 29.6 Å². The zero-order valence-electron chi connectivity index (χ0n) is 28.5. The second-order valence-electron chi connectivity index (χ2n) is 13.8. The largest absolute Gasteiger partial charge is 0.487 e. The second kappa shape index (κ2) is 15.7. The van der Waals surface area contributed by atoms with Gasteiger partial charge in [0, 0.05) is 23.7 Å². The summed E-state index contributed by atoms with van der Waals surface area (Å²) in [6, 6.07) is 10.7. The van der Waals surface area contributed by atoms with Crippen molar-refractivity contribution in [1.29, 1.82) is 0 Å². The van der Waals surface area contributed by atoms with Gasteiger partial charge in [-0.05, 0) is 117 Å². The van der Waals surface area contributed by atoms with Crippen molar-refractivity contribution in [2.45, 2.75) is 76.8 Å². The predicted molar refractivity (Wildman–Crippen MR) is 185 cm³/mol. The molecule has 6 atom stereocenters. The second-order valence-corrected chi connectivity index (χ2v) is 16.2. The Hall–Kier alpha value is -3.35. The normalized spacial score (nSPS) is 27.6. The molecule has 0 unspecified atom stereocenters. The number of nitrogens with zero attached hydrogens (tertiary/aromatic N) is 1. The van der Waals surface area contributed by atoms with E-state index in [-0.39, 0.29) is 36.8 Å². The molecule has 3 aliphatic rings. The molecular weight excluding hydrogens is 672 g/mol. The van der Waals surface area contributed by atoms with E-state index in [9.17, 15) is 27.9 Å². The number of esters is 2. The Balaban J connectivity index is 1.55. The first kappa shape index (κ1) is 36.9. The van der Waals surface area contributed by atoms with E-state index in [4.69, 9.17) is 25.8 Å². The standard InChI is InChI=1S/C36H47ClN2O9S/c1-21-15-27(33(35(42)46-3)36(43)47-4)18-31(40)29-12-9-25(29)19-39-14-6-5-7-23-16-28(37)11-8-26(23)20-48-32-13-10-24(17-30(32)39)34(41)38-49(44,45)22(21)2/h8,10-11,13,16-17,21-22,25,27,29,31,33,40H,5-7,9,12,14-15,18-20H2,1-4H3,(H,38,41)/t21-,22+,25-,27+,29+,31+/m0/s1. The van der Waals surface area contributed by atoms with Crippen molar-refractivity contribution in [1.82, 2.24) is 4.72 Å². The van der Waals surface area contributed by atoms with Gasteiger partial charge in [-0.1, -0.05) is 24.6 Å². The van der Waals surface area contributed by atoms with Crippen LogP contribution in [0.25, 0.3) is 0 Å². The number of nitrogens with one attached hydrogen (secondary N) is 1. The first-order valence-electron chi connectivity index (χ1n) is 17.0. The molecule has 49 heavy (non-hydrogen) atoms. The molecule has 1 saturated carbocycles. The van der Waals surface area contributed by atoms with Crippen LogP contribution in [0.5, 0.6) is 5.75 Å². The number of rotatable bonds is 3. The lowest BCUT2D eigenvalue weighted by Crippen LogP contribution is -2.46. The van der Waals surface area contributed by atoms with Gasteiger partial charge in [0.1, 0.15) is 12.4 Å². The fourth-order valence-electron chi connectivity index (χ4n) is 7.54. The van der Waals surface area contributed by atoms with Crippen molar-refractivity contribution in [2.24, 2.45) is 29.6 Å². The summed E-state index contributed by atoms with van der Waals surface area (Å²) >= 11 is 6.32. The van der Waals surface area contributed by atoms with Crippen LogP contribution in [-0.2, 0) is 42.1 Å². The van der Waals surface area contributed by atoms with Gasteiger partial charge >= 0.3 is 11.9 Å². The van der Waals surface area contributed by atoms with E-state index in [0.717, 1.165) is 43.2 Å². The summed E-state index contributed by atoms with van der Waals surface area (Å²) in [6.45, 7) is 4.67. The summed E-state index contributed by atoms with van der Waals surface area (Å²) < 4.78 is 45.8. The van der Waals surface area contributed by atoms with Crippen LogP contribution in [0.1, 0.15) is 73.9 Å². The number of halogens is 1. The summed E-state index contributed by atoms with van der Waals surface area (Å²) in [4.78, 5) is 41.6. The number of hydrogen-bond acceptors (Lipinski definition) is 10. The smallest absolute Gasteiger partial charge is 0.320 e. The lowest BCUT2D eigenvalue weighted by molar-refractivity contribution is -0.162. The van der Waals surface area contributed by atoms with Crippen molar-refractivity contribution in [3.05, 3.63) is 58.1 Å². The number of amides is 1. The zero-order chi connectivity index (χ0) is 35.5. The van der Waals surface area contributed by atoms with Crippen molar-refractivity contribution in [3.63, 3.8) is 0 Å². The van der Waals surface area contributed by atoms with Gasteiger partial charge < -0.3 is 24.2 Å². The number of methoxy groups -OCH3 is 2. The summed E-state index contributed by atoms with van der Waals surface area (Å²) in [5.74, 6) is -4.59. The highest BCUT2D eigenvalue weighted by Gasteiger charge is 2.44. The van der Waals surface area contributed by atoms with E-state index in [2.05, 4.69) is 9.62 Å². The third-order valence-electron chi connectivity index (χ3n) is 10.8. The molecule has 268 valence electrons. The molecule has 2 heterocycles. The van der Waals surface area contributed by atoms with E-state index in [1.165, 1.54) is 21.1 Å². The molecule has 2 bridgehead atoms. The number of aliphatic hydroxyl groups excluding tert-OH is 1. The average Bonchev–Trinajstić information content (AvgIpc) is 3.08. The maximum absolute atomic E-state index is 13.6. The monoisotopic (exact) mass is 718 g/mol. The van der Waals surface area contributed by atoms with Crippen LogP contribution in [0.15, 0.2) is 36.4 Å². The van der Waals surface area contributed by atoms with Crippen LogP contribution in [0.3, 0.4) is 0 Å². The van der Waals surface area contributed by atoms with Gasteiger partial charge in [0.05, 0.1) is 31.3 Å². The van der Waals surface area contributed by atoms with Gasteiger partial charge in [-0.15, -0.1) is 0 Å². The minimum atomic E-state index is -4.21. The van der Waals surface area contributed by atoms with Crippen LogP contribution >= 0.6 is 11.6 Å². The van der Waals surface area contributed by atoms with E-state index in [1.807, 2.05) is 18.2 Å². The van der Waals surface area contributed by atoms with E-state index < -0.39 is 57.0 Å². The molecule has 0 aromatic heterocycles. The SMILES string of the molecule is COC(=O)C(C(=O)OC)[C@H]1C[C@@H](O)[C@@H]2CC[C@H]2CN2CCCCc3cc(Cl)ccc3COc3ccc(cc32)C(=O)NS(=O)(=O)[C@H](C)[C@@H](C)C1. The highest BCUT2D eigenvalue weighted by atomic mass is 35.5. The predicted octanol–water partition coefficient (Wildman–Crippen LogP) is 4.91. The van der Waals surface area contributed by atoms with E-state index in [0.29, 0.717) is 29.5 Å². The fourth-order valence-corrected chi connectivity index (χ4v) is 9.01. The first-order valence-corrected chi connectivity index (χ1v) is 18.9. The Morgan fingerprint density at radius 1 is 1.02 bits per heavy atom. The number of carbonyl (C=O) groups excluding carboxylic acids is 3. The Morgan fingerprint density at radius 3 is 2.43 bits per heavy atom. The van der Waals surface area contributed by atoms with Crippen molar-refractivity contribution in [2.75, 3.05) is 32.2 Å². The van der Waals surface area contributed by atoms with Gasteiger partial charge in [-0.3, -0.25) is 14.4 Å². The number of anilines is 1. The van der Waals surface area contributed by atoms with Crippen LogP contribution in [0.2, 0.25) is 5.02 Å². The van der Waals surface area contributed by atoms with Crippen LogP contribution in [-0.4, -0.2) is 70.0 Å². The van der Waals surface area contributed by atoms with Crippen LogP contribution in [0.4, 0.5) is 5.69 Å². The number of benzene rings is 2. The molecule has 1 fully saturated rings. The minimum absolute atomic E-state index is 0.0736. The number of carbonyl (C=O) groups is 3. The van der Waals surface area contributed by atoms with Crippen LogP contribution < -0.4 is 14.4 Å². The molecule has 0 radical (unpaired) electrons. The molecule has 0 saturated heterocycles. The Morgan fingerprint density at radius 2 is 1.76 bits per heavy atom. The molecule has 11 nitrogen and oxygen atoms in total. The summed E-state index contributed by atoms with van der Waals surface area (Å²) in [7, 11) is -1.86. The summed E-state index contributed by atoms with van der Waals surface area (Å²) in [6.07, 6.45) is 3.46. The molecule has 2 aliphatic heterocycles. The molecule has 0 spiro atoms. The van der Waals surface area contributed by atoms with E-state index >= 15 is 0 Å². The van der Waals surface area contributed by atoms with Crippen molar-refractivity contribution < 1.29 is 42.1 Å². The molecule has 1 amide bonds. The summed E-state index contributed by atoms with van der Waals surface area (Å²) in [5, 5.41) is 11.3. The van der Waals surface area contributed by atoms with Gasteiger partial charge in [-0.25, -0.2) is 13.1 Å². The third-order valence-corrected chi connectivity index (χ3v) is 12.9. The molecule has 2 aromatic rings. The molecule has 1 aliphatic carbocycles. The Bertz CT molecular complexity index is 1630.